The molecule has 2 aromatic carbocycles. The van der Waals surface area contributed by atoms with Gasteiger partial charge in [0, 0.05) is 46.0 Å². The van der Waals surface area contributed by atoms with Gasteiger partial charge in [-0.25, -0.2) is 4.98 Å². The maximum absolute atomic E-state index is 5.52. The van der Waals surface area contributed by atoms with Crippen LogP contribution in [-0.2, 0) is 6.54 Å². The van der Waals surface area contributed by atoms with Gasteiger partial charge in [0.1, 0.15) is 11.6 Å². The fourth-order valence-corrected chi connectivity index (χ4v) is 3.68. The summed E-state index contributed by atoms with van der Waals surface area (Å²) in [7, 11) is 3.79. The highest BCUT2D eigenvalue weighted by molar-refractivity contribution is 5.59. The summed E-state index contributed by atoms with van der Waals surface area (Å²) in [5.41, 5.74) is 2.41. The molecule has 0 aliphatic carbocycles. The second kappa shape index (κ2) is 8.82. The Bertz CT molecular complexity index is 925. The van der Waals surface area contributed by atoms with Gasteiger partial charge in [0.25, 0.3) is 0 Å². The van der Waals surface area contributed by atoms with Crippen molar-refractivity contribution in [3.63, 3.8) is 0 Å². The van der Waals surface area contributed by atoms with Crippen LogP contribution in [-0.4, -0.2) is 50.3 Å². The van der Waals surface area contributed by atoms with Crippen molar-refractivity contribution in [2.75, 3.05) is 55.0 Å². The van der Waals surface area contributed by atoms with E-state index in [0.717, 1.165) is 55.9 Å². The van der Waals surface area contributed by atoms with Gasteiger partial charge < -0.3 is 19.4 Å². The van der Waals surface area contributed by atoms with E-state index in [0.29, 0.717) is 0 Å². The Kier molecular flexibility index (Phi) is 5.79. The van der Waals surface area contributed by atoms with E-state index in [9.17, 15) is 0 Å². The predicted octanol–water partition coefficient (Wildman–Crippen LogP) is 3.45. The first-order chi connectivity index (χ1) is 14.2. The molecule has 0 saturated carbocycles. The molecule has 0 radical (unpaired) electrons. The van der Waals surface area contributed by atoms with Crippen LogP contribution in [0.2, 0.25) is 0 Å². The van der Waals surface area contributed by atoms with Crippen LogP contribution < -0.4 is 19.4 Å². The number of hydrogen-bond acceptors (Lipinski definition) is 6. The largest absolute Gasteiger partial charge is 0.495 e. The molecule has 6 nitrogen and oxygen atoms in total. The molecule has 0 unspecified atom stereocenters. The second-order valence-electron chi connectivity index (χ2n) is 7.20. The topological polar surface area (TPSA) is 44.7 Å². The van der Waals surface area contributed by atoms with Crippen molar-refractivity contribution < 1.29 is 4.74 Å². The summed E-state index contributed by atoms with van der Waals surface area (Å²) in [5.74, 6) is 2.65. The van der Waals surface area contributed by atoms with Gasteiger partial charge in [0.2, 0.25) is 5.95 Å². The zero-order valence-electron chi connectivity index (χ0n) is 17.0. The van der Waals surface area contributed by atoms with E-state index < -0.39 is 0 Å². The van der Waals surface area contributed by atoms with Crippen LogP contribution in [0.4, 0.5) is 17.5 Å². The van der Waals surface area contributed by atoms with Gasteiger partial charge in [-0.2, -0.15) is 4.98 Å². The van der Waals surface area contributed by atoms with Gasteiger partial charge in [0.05, 0.1) is 12.8 Å². The highest BCUT2D eigenvalue weighted by atomic mass is 16.5. The Balaban J connectivity index is 1.42. The number of anilines is 3. The molecule has 29 heavy (non-hydrogen) atoms. The summed E-state index contributed by atoms with van der Waals surface area (Å²) in [5, 5.41) is 0. The molecule has 1 saturated heterocycles. The molecule has 0 N–H and O–H groups in total. The molecule has 1 fully saturated rings. The Hall–Kier alpha value is -3.28. The highest BCUT2D eigenvalue weighted by Crippen LogP contribution is 2.29. The van der Waals surface area contributed by atoms with Crippen molar-refractivity contribution in [1.82, 2.24) is 9.97 Å². The molecule has 4 rings (SSSR count). The van der Waals surface area contributed by atoms with Crippen molar-refractivity contribution in [2.24, 2.45) is 0 Å². The number of nitrogens with zero attached hydrogens (tertiary/aromatic N) is 5. The molecule has 2 heterocycles. The van der Waals surface area contributed by atoms with E-state index in [4.69, 9.17) is 9.72 Å². The predicted molar refractivity (Wildman–Crippen MR) is 118 cm³/mol. The van der Waals surface area contributed by atoms with Crippen LogP contribution in [0.1, 0.15) is 5.56 Å². The summed E-state index contributed by atoms with van der Waals surface area (Å²) < 4.78 is 5.52. The maximum atomic E-state index is 5.52. The minimum atomic E-state index is 0.794. The van der Waals surface area contributed by atoms with E-state index in [1.54, 1.807) is 7.11 Å². The van der Waals surface area contributed by atoms with Crippen LogP contribution in [0, 0.1) is 0 Å². The van der Waals surface area contributed by atoms with E-state index in [2.05, 4.69) is 63.1 Å². The Labute approximate surface area is 172 Å². The summed E-state index contributed by atoms with van der Waals surface area (Å²) in [6, 6.07) is 20.6. The van der Waals surface area contributed by atoms with Gasteiger partial charge in [-0.05, 0) is 23.8 Å². The fraction of sp³-hybridized carbons (Fsp3) is 0.304. The van der Waals surface area contributed by atoms with Gasteiger partial charge in [0.15, 0.2) is 0 Å². The first-order valence-electron chi connectivity index (χ1n) is 9.95. The zero-order valence-corrected chi connectivity index (χ0v) is 17.0. The van der Waals surface area contributed by atoms with E-state index in [1.807, 2.05) is 30.5 Å². The number of ether oxygens (including phenoxy) is 1. The molecular weight excluding hydrogens is 362 g/mol. The Morgan fingerprint density at radius 3 is 2.34 bits per heavy atom. The average Bonchev–Trinajstić information content (AvgIpc) is 2.80. The number of para-hydroxylation sites is 2. The van der Waals surface area contributed by atoms with E-state index in [-0.39, 0.29) is 0 Å². The van der Waals surface area contributed by atoms with Crippen LogP contribution in [0.25, 0.3) is 0 Å². The molecular formula is C23H27N5O. The minimum absolute atomic E-state index is 0.794. The number of rotatable bonds is 6. The van der Waals surface area contributed by atoms with Gasteiger partial charge >= 0.3 is 0 Å². The summed E-state index contributed by atoms with van der Waals surface area (Å²) in [4.78, 5) is 16.1. The van der Waals surface area contributed by atoms with Gasteiger partial charge in [-0.15, -0.1) is 0 Å². The van der Waals surface area contributed by atoms with Crippen molar-refractivity contribution in [1.29, 1.82) is 0 Å². The third kappa shape index (κ3) is 4.42. The molecule has 0 spiro atoms. The number of piperazine rings is 1. The monoisotopic (exact) mass is 389 g/mol. The molecule has 6 heteroatoms. The van der Waals surface area contributed by atoms with Crippen molar-refractivity contribution in [2.45, 2.75) is 6.54 Å². The summed E-state index contributed by atoms with van der Waals surface area (Å²) >= 11 is 0. The lowest BCUT2D eigenvalue weighted by molar-refractivity contribution is 0.413. The lowest BCUT2D eigenvalue weighted by atomic mass is 10.2. The van der Waals surface area contributed by atoms with Crippen molar-refractivity contribution in [3.05, 3.63) is 72.4 Å². The quantitative estimate of drug-likeness (QED) is 0.643. The third-order valence-corrected chi connectivity index (χ3v) is 5.27. The maximum Gasteiger partial charge on any atom is 0.227 e. The van der Waals surface area contributed by atoms with Crippen LogP contribution in [0.3, 0.4) is 0 Å². The van der Waals surface area contributed by atoms with Crippen molar-refractivity contribution >= 4 is 17.5 Å². The average molecular weight is 390 g/mol. The van der Waals surface area contributed by atoms with Crippen molar-refractivity contribution in [3.8, 4) is 5.75 Å². The fourth-order valence-electron chi connectivity index (χ4n) is 3.68. The number of hydrogen-bond donors (Lipinski definition) is 0. The lowest BCUT2D eigenvalue weighted by Gasteiger charge is -2.36. The summed E-state index contributed by atoms with van der Waals surface area (Å²) in [6.07, 6.45) is 1.85. The smallest absolute Gasteiger partial charge is 0.227 e. The first-order valence-corrected chi connectivity index (χ1v) is 9.95. The molecule has 1 aliphatic heterocycles. The highest BCUT2D eigenvalue weighted by Gasteiger charge is 2.21. The standard InChI is InChI=1S/C23H27N5O/c1-26(18-19-8-4-3-5-9-19)22-12-13-24-23(25-22)28-16-14-27(15-17-28)20-10-6-7-11-21(20)29-2/h3-13H,14-18H2,1-2H3. The lowest BCUT2D eigenvalue weighted by Crippen LogP contribution is -2.47. The second-order valence-corrected chi connectivity index (χ2v) is 7.20. The molecule has 1 aliphatic rings. The minimum Gasteiger partial charge on any atom is -0.495 e. The van der Waals surface area contributed by atoms with E-state index >= 15 is 0 Å². The first kappa shape index (κ1) is 19.1. The SMILES string of the molecule is COc1ccccc1N1CCN(c2nccc(N(C)Cc3ccccc3)n2)CC1. The van der Waals surface area contributed by atoms with Gasteiger partial charge in [-0.3, -0.25) is 0 Å². The molecule has 0 atom stereocenters. The number of benzene rings is 2. The number of methoxy groups -OCH3 is 1. The van der Waals surface area contributed by atoms with E-state index in [1.165, 1.54) is 5.56 Å². The van der Waals surface area contributed by atoms with Gasteiger partial charge in [-0.1, -0.05) is 42.5 Å². The zero-order chi connectivity index (χ0) is 20.1. The molecule has 3 aromatic rings. The normalized spacial score (nSPS) is 14.0. The molecule has 150 valence electrons. The Morgan fingerprint density at radius 2 is 1.59 bits per heavy atom. The number of aromatic nitrogens is 2. The van der Waals surface area contributed by atoms with Crippen LogP contribution >= 0.6 is 0 Å². The van der Waals surface area contributed by atoms with Crippen LogP contribution in [0.15, 0.2) is 66.9 Å². The molecule has 1 aromatic heterocycles. The molecule has 0 bridgehead atoms. The third-order valence-electron chi connectivity index (χ3n) is 5.27. The van der Waals surface area contributed by atoms with Crippen LogP contribution in [0.5, 0.6) is 5.75 Å². The summed E-state index contributed by atoms with van der Waals surface area (Å²) in [6.45, 7) is 4.40. The Morgan fingerprint density at radius 1 is 0.897 bits per heavy atom. The molecule has 0 amide bonds.